The molecule has 0 amide bonds. The van der Waals surface area contributed by atoms with Gasteiger partial charge in [0.1, 0.15) is 0 Å². The first-order valence-electron chi connectivity index (χ1n) is 3.14. The number of allylic oxidation sites excluding steroid dienone is 4. The average molecular weight is 121 g/mol. The summed E-state index contributed by atoms with van der Waals surface area (Å²) in [6.07, 6.45) is 7.39. The second-order valence-corrected chi connectivity index (χ2v) is 2.13. The highest BCUT2D eigenvalue weighted by atomic mass is 14.7. The molecule has 1 rings (SSSR count). The van der Waals surface area contributed by atoms with Gasteiger partial charge in [-0.25, -0.2) is 0 Å². The number of aliphatic imine (C=N–C) groups is 1. The molecule has 1 aliphatic carbocycles. The number of hydrogen-bond donors (Lipinski definition) is 0. The minimum Gasteiger partial charge on any atom is -0.293 e. The summed E-state index contributed by atoms with van der Waals surface area (Å²) in [6.45, 7) is 2.04. The van der Waals surface area contributed by atoms with Crippen LogP contribution in [0.5, 0.6) is 0 Å². The lowest BCUT2D eigenvalue weighted by Crippen LogP contribution is -1.92. The summed E-state index contributed by atoms with van der Waals surface area (Å²) in [4.78, 5) is 4.08. The van der Waals surface area contributed by atoms with Crippen LogP contribution in [0.1, 0.15) is 13.3 Å². The largest absolute Gasteiger partial charge is 0.293 e. The fourth-order valence-electron chi connectivity index (χ4n) is 0.859. The highest BCUT2D eigenvalue weighted by Crippen LogP contribution is 2.11. The van der Waals surface area contributed by atoms with Gasteiger partial charge in [-0.05, 0) is 18.9 Å². The maximum atomic E-state index is 4.08. The van der Waals surface area contributed by atoms with Gasteiger partial charge in [0.2, 0.25) is 0 Å². The smallest absolute Gasteiger partial charge is 0.0348 e. The number of nitrogens with zero attached hydrogens (tertiary/aromatic N) is 1. The van der Waals surface area contributed by atoms with E-state index < -0.39 is 0 Å². The second kappa shape index (κ2) is 2.62. The zero-order chi connectivity index (χ0) is 6.69. The third-order valence-electron chi connectivity index (χ3n) is 1.57. The van der Waals surface area contributed by atoms with Crippen molar-refractivity contribution in [2.75, 3.05) is 7.05 Å². The normalized spacial score (nSPS) is 18.4. The van der Waals surface area contributed by atoms with Gasteiger partial charge in [-0.15, -0.1) is 0 Å². The first-order valence-corrected chi connectivity index (χ1v) is 3.14. The highest BCUT2D eigenvalue weighted by Gasteiger charge is 2.00. The lowest BCUT2D eigenvalue weighted by Gasteiger charge is -1.96. The number of hydrogen-bond acceptors (Lipinski definition) is 1. The van der Waals surface area contributed by atoms with Gasteiger partial charge in [-0.2, -0.15) is 0 Å². The molecule has 0 heterocycles. The van der Waals surface area contributed by atoms with Gasteiger partial charge in [0.15, 0.2) is 0 Å². The fourth-order valence-corrected chi connectivity index (χ4v) is 0.859. The molecule has 48 valence electrons. The Labute approximate surface area is 55.8 Å². The van der Waals surface area contributed by atoms with E-state index in [1.54, 1.807) is 0 Å². The predicted octanol–water partition coefficient (Wildman–Crippen LogP) is 1.96. The minimum absolute atomic E-state index is 1.06. The molecule has 0 aliphatic heterocycles. The molecule has 1 nitrogen and oxygen atoms in total. The highest BCUT2D eigenvalue weighted by molar-refractivity contribution is 5.99. The van der Waals surface area contributed by atoms with Gasteiger partial charge in [-0.1, -0.05) is 18.2 Å². The summed E-state index contributed by atoms with van der Waals surface area (Å²) < 4.78 is 0. The van der Waals surface area contributed by atoms with E-state index in [0.717, 1.165) is 12.1 Å². The molecule has 0 atom stereocenters. The van der Waals surface area contributed by atoms with E-state index in [4.69, 9.17) is 0 Å². The van der Waals surface area contributed by atoms with Crippen molar-refractivity contribution in [2.24, 2.45) is 4.99 Å². The zero-order valence-corrected chi connectivity index (χ0v) is 5.89. The van der Waals surface area contributed by atoms with Crippen LogP contribution in [0.3, 0.4) is 0 Å². The molecule has 0 bridgehead atoms. The SMILES string of the molecule is CN=C(C)C1=CC=CC1. The van der Waals surface area contributed by atoms with Crippen molar-refractivity contribution in [1.82, 2.24) is 0 Å². The van der Waals surface area contributed by atoms with Crippen LogP contribution < -0.4 is 0 Å². The molecule has 0 N–H and O–H groups in total. The Morgan fingerprint density at radius 2 is 2.44 bits per heavy atom. The van der Waals surface area contributed by atoms with Gasteiger partial charge in [0.05, 0.1) is 0 Å². The molecule has 0 fully saturated rings. The van der Waals surface area contributed by atoms with Crippen LogP contribution in [0.25, 0.3) is 0 Å². The topological polar surface area (TPSA) is 12.4 Å². The third kappa shape index (κ3) is 1.28. The quantitative estimate of drug-likeness (QED) is 0.470. The van der Waals surface area contributed by atoms with Gasteiger partial charge < -0.3 is 0 Å². The Hall–Kier alpha value is -0.850. The number of rotatable bonds is 1. The van der Waals surface area contributed by atoms with Crippen molar-refractivity contribution < 1.29 is 0 Å². The minimum atomic E-state index is 1.06. The van der Waals surface area contributed by atoms with Gasteiger partial charge >= 0.3 is 0 Å². The summed E-state index contributed by atoms with van der Waals surface area (Å²) in [5.74, 6) is 0. The average Bonchev–Trinajstić information content (AvgIpc) is 2.37. The summed E-state index contributed by atoms with van der Waals surface area (Å²) >= 11 is 0. The summed E-state index contributed by atoms with van der Waals surface area (Å²) in [7, 11) is 1.83. The van der Waals surface area contributed by atoms with E-state index >= 15 is 0 Å². The summed E-state index contributed by atoms with van der Waals surface area (Å²) in [5, 5.41) is 0. The molecule has 0 radical (unpaired) electrons. The van der Waals surface area contributed by atoms with Crippen molar-refractivity contribution >= 4 is 5.71 Å². The molecule has 0 saturated heterocycles. The van der Waals surface area contributed by atoms with Crippen molar-refractivity contribution in [3.8, 4) is 0 Å². The molecule has 1 heteroatoms. The van der Waals surface area contributed by atoms with Gasteiger partial charge in [0.25, 0.3) is 0 Å². The van der Waals surface area contributed by atoms with E-state index in [2.05, 4.69) is 23.2 Å². The zero-order valence-electron chi connectivity index (χ0n) is 5.89. The van der Waals surface area contributed by atoms with Crippen molar-refractivity contribution in [3.63, 3.8) is 0 Å². The van der Waals surface area contributed by atoms with Crippen LogP contribution in [0.4, 0.5) is 0 Å². The van der Waals surface area contributed by atoms with Crippen LogP contribution >= 0.6 is 0 Å². The molecule has 0 aromatic carbocycles. The molecule has 0 spiro atoms. The van der Waals surface area contributed by atoms with E-state index in [1.807, 2.05) is 14.0 Å². The van der Waals surface area contributed by atoms with Crippen LogP contribution in [-0.4, -0.2) is 12.8 Å². The first-order chi connectivity index (χ1) is 4.34. The van der Waals surface area contributed by atoms with E-state index in [-0.39, 0.29) is 0 Å². The molecule has 0 aromatic heterocycles. The summed E-state index contributed by atoms with van der Waals surface area (Å²) in [6, 6.07) is 0. The van der Waals surface area contributed by atoms with Crippen LogP contribution in [0.2, 0.25) is 0 Å². The van der Waals surface area contributed by atoms with Crippen LogP contribution in [-0.2, 0) is 0 Å². The van der Waals surface area contributed by atoms with Crippen molar-refractivity contribution in [1.29, 1.82) is 0 Å². The Morgan fingerprint density at radius 3 is 2.89 bits per heavy atom. The van der Waals surface area contributed by atoms with Crippen molar-refractivity contribution in [3.05, 3.63) is 23.8 Å². The standard InChI is InChI=1S/C8H11N/c1-7(9-2)8-5-3-4-6-8/h3-5H,6H2,1-2H3. The second-order valence-electron chi connectivity index (χ2n) is 2.13. The maximum Gasteiger partial charge on any atom is 0.0348 e. The molecule has 9 heavy (non-hydrogen) atoms. The van der Waals surface area contributed by atoms with E-state index in [1.165, 1.54) is 5.57 Å². The van der Waals surface area contributed by atoms with E-state index in [9.17, 15) is 0 Å². The van der Waals surface area contributed by atoms with Crippen molar-refractivity contribution in [2.45, 2.75) is 13.3 Å². The molecule has 0 aromatic rings. The van der Waals surface area contributed by atoms with Gasteiger partial charge in [-0.3, -0.25) is 4.99 Å². The van der Waals surface area contributed by atoms with Crippen LogP contribution in [0.15, 0.2) is 28.8 Å². The van der Waals surface area contributed by atoms with Gasteiger partial charge in [0, 0.05) is 12.8 Å². The Morgan fingerprint density at radius 1 is 1.67 bits per heavy atom. The molecule has 0 saturated carbocycles. The third-order valence-corrected chi connectivity index (χ3v) is 1.57. The molecular weight excluding hydrogens is 110 g/mol. The monoisotopic (exact) mass is 121 g/mol. The fraction of sp³-hybridized carbons (Fsp3) is 0.375. The molecular formula is C8H11N. The van der Waals surface area contributed by atoms with E-state index in [0.29, 0.717) is 0 Å². The Kier molecular flexibility index (Phi) is 1.83. The molecule has 0 unspecified atom stereocenters. The lowest BCUT2D eigenvalue weighted by atomic mass is 10.1. The first kappa shape index (κ1) is 6.27. The lowest BCUT2D eigenvalue weighted by molar-refractivity contribution is 1.31. The predicted molar refractivity (Wildman–Crippen MR) is 40.9 cm³/mol. The summed E-state index contributed by atoms with van der Waals surface area (Å²) in [5.41, 5.74) is 2.50. The molecule has 1 aliphatic rings. The Balaban J connectivity index is 2.66. The maximum absolute atomic E-state index is 4.08. The van der Waals surface area contributed by atoms with Crippen LogP contribution in [0, 0.1) is 0 Å². The Bertz CT molecular complexity index is 185.